The molecule has 0 bridgehead atoms. The van der Waals surface area contributed by atoms with Crippen molar-refractivity contribution in [2.45, 2.75) is 53.6 Å². The molecule has 1 aromatic heterocycles. The summed E-state index contributed by atoms with van der Waals surface area (Å²) in [5.74, 6) is -0.532. The lowest BCUT2D eigenvalue weighted by Gasteiger charge is -2.22. The second-order valence-corrected chi connectivity index (χ2v) is 7.04. The fraction of sp³-hybridized carbons (Fsp3) is 0.455. The van der Waals surface area contributed by atoms with Crippen LogP contribution in [-0.4, -0.2) is 38.9 Å². The molecule has 2 rings (SSSR count). The van der Waals surface area contributed by atoms with Gasteiger partial charge in [0, 0.05) is 31.4 Å². The summed E-state index contributed by atoms with van der Waals surface area (Å²) in [4.78, 5) is 13.5. The molecule has 0 aliphatic heterocycles. The summed E-state index contributed by atoms with van der Waals surface area (Å²) in [7, 11) is 0. The van der Waals surface area contributed by atoms with Gasteiger partial charge in [-0.1, -0.05) is 31.2 Å². The van der Waals surface area contributed by atoms with Gasteiger partial charge in [-0.05, 0) is 62.9 Å². The normalized spacial score (nSPS) is 11.5. The largest absolute Gasteiger partial charge is 0.299 e. The predicted molar refractivity (Wildman–Crippen MR) is 112 cm³/mol. The number of hydrogen-bond donors (Lipinski definition) is 2. The molecule has 0 spiro atoms. The highest BCUT2D eigenvalue weighted by atomic mass is 16.5. The lowest BCUT2D eigenvalue weighted by molar-refractivity contribution is -0.124. The van der Waals surface area contributed by atoms with Gasteiger partial charge in [0.25, 0.3) is 5.91 Å². The summed E-state index contributed by atoms with van der Waals surface area (Å²) in [5.41, 5.74) is 7.54. The molecule has 6 heteroatoms. The SMILES string of the molecule is CCCN(CCc1c(C)nn(CC)c1C)Cc1ccc(/C=C/C(=O)NO)cc1. The molecule has 0 saturated heterocycles. The van der Waals surface area contributed by atoms with Crippen LogP contribution in [0, 0.1) is 13.8 Å². The van der Waals surface area contributed by atoms with E-state index in [1.165, 1.54) is 22.9 Å². The second-order valence-electron chi connectivity index (χ2n) is 7.04. The molecule has 0 radical (unpaired) electrons. The van der Waals surface area contributed by atoms with Gasteiger partial charge in [0.05, 0.1) is 5.69 Å². The van der Waals surface area contributed by atoms with Crippen LogP contribution < -0.4 is 5.48 Å². The van der Waals surface area contributed by atoms with Gasteiger partial charge in [-0.15, -0.1) is 0 Å². The number of carbonyl (C=O) groups is 1. The number of aromatic nitrogens is 2. The van der Waals surface area contributed by atoms with Crippen LogP contribution in [0.15, 0.2) is 30.3 Å². The van der Waals surface area contributed by atoms with E-state index in [2.05, 4.69) is 54.5 Å². The van der Waals surface area contributed by atoms with Crippen molar-refractivity contribution < 1.29 is 10.0 Å². The summed E-state index contributed by atoms with van der Waals surface area (Å²) in [6.45, 7) is 12.5. The van der Waals surface area contributed by atoms with Crippen LogP contribution in [0.25, 0.3) is 6.08 Å². The van der Waals surface area contributed by atoms with Crippen LogP contribution >= 0.6 is 0 Å². The molecule has 1 aromatic carbocycles. The number of rotatable bonds is 10. The number of nitrogens with zero attached hydrogens (tertiary/aromatic N) is 3. The quantitative estimate of drug-likeness (QED) is 0.374. The molecule has 1 heterocycles. The maximum atomic E-state index is 11.1. The number of carbonyl (C=O) groups excluding carboxylic acids is 1. The number of nitrogens with one attached hydrogen (secondary N) is 1. The molecule has 0 saturated carbocycles. The van der Waals surface area contributed by atoms with Crippen LogP contribution in [0.5, 0.6) is 0 Å². The molecule has 0 unspecified atom stereocenters. The Bertz CT molecular complexity index is 794. The fourth-order valence-corrected chi connectivity index (χ4v) is 3.46. The lowest BCUT2D eigenvalue weighted by atomic mass is 10.1. The first kappa shape index (κ1) is 21.9. The van der Waals surface area contributed by atoms with Gasteiger partial charge in [-0.25, -0.2) is 5.48 Å². The highest BCUT2D eigenvalue weighted by Crippen LogP contribution is 2.16. The zero-order valence-corrected chi connectivity index (χ0v) is 17.4. The van der Waals surface area contributed by atoms with E-state index in [1.807, 2.05) is 12.1 Å². The summed E-state index contributed by atoms with van der Waals surface area (Å²) >= 11 is 0. The smallest absolute Gasteiger partial charge is 0.267 e. The highest BCUT2D eigenvalue weighted by Gasteiger charge is 2.13. The Morgan fingerprint density at radius 2 is 1.93 bits per heavy atom. The predicted octanol–water partition coefficient (Wildman–Crippen LogP) is 3.49. The molecule has 0 atom stereocenters. The zero-order chi connectivity index (χ0) is 20.5. The first-order chi connectivity index (χ1) is 13.5. The Balaban J connectivity index is 2.00. The van der Waals surface area contributed by atoms with Crippen molar-refractivity contribution in [1.29, 1.82) is 0 Å². The Kier molecular flexibility index (Phi) is 8.42. The summed E-state index contributed by atoms with van der Waals surface area (Å²) < 4.78 is 2.08. The molecule has 0 aliphatic carbocycles. The topological polar surface area (TPSA) is 70.4 Å². The molecule has 1 amide bonds. The molecule has 2 aromatic rings. The maximum Gasteiger partial charge on any atom is 0.267 e. The van der Waals surface area contributed by atoms with E-state index in [9.17, 15) is 4.79 Å². The van der Waals surface area contributed by atoms with Crippen LogP contribution in [0.4, 0.5) is 0 Å². The standard InChI is InChI=1S/C22H32N4O2/c1-5-14-25(15-13-21-17(3)23-26(6-2)18(21)4)16-20-9-7-19(8-10-20)11-12-22(27)24-28/h7-12,28H,5-6,13-16H2,1-4H3,(H,24,27)/b12-11+. The Morgan fingerprint density at radius 3 is 2.50 bits per heavy atom. The van der Waals surface area contributed by atoms with Crippen molar-refractivity contribution in [3.63, 3.8) is 0 Å². The molecule has 28 heavy (non-hydrogen) atoms. The van der Waals surface area contributed by atoms with E-state index in [0.29, 0.717) is 0 Å². The zero-order valence-electron chi connectivity index (χ0n) is 17.4. The molecule has 152 valence electrons. The van der Waals surface area contributed by atoms with Crippen LogP contribution in [-0.2, 0) is 24.3 Å². The first-order valence-corrected chi connectivity index (χ1v) is 9.94. The second kappa shape index (κ2) is 10.8. The minimum absolute atomic E-state index is 0.532. The molecule has 0 aliphatic rings. The molecular formula is C22H32N4O2. The average Bonchev–Trinajstić information content (AvgIpc) is 2.98. The summed E-state index contributed by atoms with van der Waals surface area (Å²) in [6, 6.07) is 8.15. The Labute approximate surface area is 167 Å². The van der Waals surface area contributed by atoms with E-state index >= 15 is 0 Å². The van der Waals surface area contributed by atoms with Crippen LogP contribution in [0.3, 0.4) is 0 Å². The van der Waals surface area contributed by atoms with Gasteiger partial charge in [-0.3, -0.25) is 19.6 Å². The van der Waals surface area contributed by atoms with Crippen molar-refractivity contribution in [3.8, 4) is 0 Å². The highest BCUT2D eigenvalue weighted by molar-refractivity contribution is 5.90. The lowest BCUT2D eigenvalue weighted by Crippen LogP contribution is -2.26. The van der Waals surface area contributed by atoms with E-state index in [-0.39, 0.29) is 0 Å². The van der Waals surface area contributed by atoms with Gasteiger partial charge in [-0.2, -0.15) is 5.10 Å². The molecule has 6 nitrogen and oxygen atoms in total. The van der Waals surface area contributed by atoms with E-state index in [4.69, 9.17) is 5.21 Å². The number of aryl methyl sites for hydroxylation is 2. The third-order valence-corrected chi connectivity index (χ3v) is 4.97. The Hall–Kier alpha value is -2.44. The third-order valence-electron chi connectivity index (χ3n) is 4.97. The van der Waals surface area contributed by atoms with Crippen LogP contribution in [0.2, 0.25) is 0 Å². The number of hydrogen-bond acceptors (Lipinski definition) is 4. The van der Waals surface area contributed by atoms with Crippen LogP contribution in [0.1, 0.15) is 48.3 Å². The van der Waals surface area contributed by atoms with Gasteiger partial charge in [0.2, 0.25) is 0 Å². The molecular weight excluding hydrogens is 352 g/mol. The number of amides is 1. The monoisotopic (exact) mass is 384 g/mol. The van der Waals surface area contributed by atoms with E-state index in [1.54, 1.807) is 11.6 Å². The van der Waals surface area contributed by atoms with Gasteiger partial charge >= 0.3 is 0 Å². The average molecular weight is 385 g/mol. The number of benzene rings is 1. The van der Waals surface area contributed by atoms with Crippen molar-refractivity contribution in [1.82, 2.24) is 20.2 Å². The first-order valence-electron chi connectivity index (χ1n) is 9.94. The van der Waals surface area contributed by atoms with Crippen molar-refractivity contribution in [3.05, 3.63) is 58.4 Å². The molecule has 0 fully saturated rings. The van der Waals surface area contributed by atoms with Crippen molar-refractivity contribution in [2.75, 3.05) is 13.1 Å². The number of hydroxylamine groups is 1. The van der Waals surface area contributed by atoms with Gasteiger partial charge < -0.3 is 0 Å². The van der Waals surface area contributed by atoms with Gasteiger partial charge in [0.15, 0.2) is 0 Å². The minimum Gasteiger partial charge on any atom is -0.299 e. The Morgan fingerprint density at radius 1 is 1.21 bits per heavy atom. The van der Waals surface area contributed by atoms with E-state index < -0.39 is 5.91 Å². The minimum atomic E-state index is -0.532. The molecule has 2 N–H and O–H groups in total. The van der Waals surface area contributed by atoms with Crippen molar-refractivity contribution in [2.24, 2.45) is 0 Å². The fourth-order valence-electron chi connectivity index (χ4n) is 3.46. The third kappa shape index (κ3) is 6.04. The van der Waals surface area contributed by atoms with E-state index in [0.717, 1.165) is 50.3 Å². The summed E-state index contributed by atoms with van der Waals surface area (Å²) in [5, 5.41) is 13.2. The summed E-state index contributed by atoms with van der Waals surface area (Å²) in [6.07, 6.45) is 5.10. The van der Waals surface area contributed by atoms with Crippen molar-refractivity contribution >= 4 is 12.0 Å². The van der Waals surface area contributed by atoms with Gasteiger partial charge in [0.1, 0.15) is 0 Å². The maximum absolute atomic E-state index is 11.1.